The van der Waals surface area contributed by atoms with Gasteiger partial charge in [-0.2, -0.15) is 41.3 Å². The first-order valence-corrected chi connectivity index (χ1v) is 36.9. The number of ether oxygens (including phenoxy) is 6. The Kier molecular flexibility index (Phi) is 39.5. The number of halogens is 15. The van der Waals surface area contributed by atoms with Crippen molar-refractivity contribution in [3.8, 4) is 85.9 Å². The van der Waals surface area contributed by atoms with Crippen molar-refractivity contribution in [3.05, 3.63) is 293 Å². The summed E-state index contributed by atoms with van der Waals surface area (Å²) in [5, 5.41) is 62.5. The van der Waals surface area contributed by atoms with Crippen LogP contribution in [0.5, 0.6) is 51.7 Å². The van der Waals surface area contributed by atoms with Gasteiger partial charge in [-0.3, -0.25) is 14.3 Å². The van der Waals surface area contributed by atoms with Gasteiger partial charge < -0.3 is 83.7 Å². The van der Waals surface area contributed by atoms with E-state index in [1.807, 2.05) is 48.5 Å². The Labute approximate surface area is 737 Å². The Morgan fingerprint density at radius 2 is 0.792 bits per heavy atom. The predicted octanol–water partition coefficient (Wildman–Crippen LogP) is 20.1. The van der Waals surface area contributed by atoms with Gasteiger partial charge in [0.05, 0.1) is 62.1 Å². The van der Waals surface area contributed by atoms with Crippen molar-refractivity contribution in [2.24, 2.45) is 5.73 Å². The van der Waals surface area contributed by atoms with Crippen molar-refractivity contribution in [2.45, 2.75) is 74.4 Å². The number of hydrogen-bond acceptors (Lipinski definition) is 24. The highest BCUT2D eigenvalue weighted by molar-refractivity contribution is 6.58. The van der Waals surface area contributed by atoms with Crippen LogP contribution in [0, 0.1) is 11.6 Å². The van der Waals surface area contributed by atoms with E-state index >= 15 is 0 Å². The van der Waals surface area contributed by atoms with Crippen molar-refractivity contribution >= 4 is 100.0 Å². The summed E-state index contributed by atoms with van der Waals surface area (Å²) < 4.78 is 148. The molecule has 0 aliphatic heterocycles. The van der Waals surface area contributed by atoms with E-state index in [1.54, 1.807) is 93.9 Å². The molecule has 0 spiro atoms. The maximum Gasteiger partial charge on any atom is 0.488 e. The van der Waals surface area contributed by atoms with E-state index in [1.165, 1.54) is 36.4 Å². The molecule has 3 aromatic heterocycles. The Bertz CT molecular complexity index is 5630. The number of phenols is 3. The molecule has 0 saturated carbocycles. The third-order valence-electron chi connectivity index (χ3n) is 16.0. The number of aromatic hydroxyl groups is 3. The molecule has 13 rings (SSSR count). The van der Waals surface area contributed by atoms with Gasteiger partial charge in [0, 0.05) is 36.3 Å². The number of esters is 1. The van der Waals surface area contributed by atoms with Crippen LogP contribution in [0.15, 0.2) is 208 Å². The van der Waals surface area contributed by atoms with Crippen molar-refractivity contribution in [1.29, 1.82) is 0 Å². The lowest BCUT2D eigenvalue weighted by Crippen LogP contribution is -2.31. The average Bonchev–Trinajstić information content (AvgIpc) is 1.82. The number of benzene rings is 10. The molecular weight excluding hydrogens is 1790 g/mol. The molecule has 0 aliphatic carbocycles. The molecule has 0 fully saturated rings. The van der Waals surface area contributed by atoms with E-state index in [-0.39, 0.29) is 154 Å². The Balaban J connectivity index is 0.000000292. The zero-order valence-corrected chi connectivity index (χ0v) is 67.4. The predicted molar refractivity (Wildman–Crippen MR) is 450 cm³/mol. The van der Waals surface area contributed by atoms with Crippen molar-refractivity contribution in [3.63, 3.8) is 0 Å². The van der Waals surface area contributed by atoms with Crippen LogP contribution < -0.4 is 45.5 Å². The monoisotopic (exact) mass is 1860 g/mol. The van der Waals surface area contributed by atoms with Crippen LogP contribution in [-0.4, -0.2) is 102 Å². The van der Waals surface area contributed by atoms with Gasteiger partial charge in [-0.1, -0.05) is 174 Å². The highest BCUT2D eigenvalue weighted by atomic mass is 35.5. The number of carbonyl (C=O) groups is 3. The van der Waals surface area contributed by atoms with E-state index in [0.29, 0.717) is 64.6 Å². The molecule has 125 heavy (non-hydrogen) atoms. The lowest BCUT2D eigenvalue weighted by molar-refractivity contribution is -0.140. The van der Waals surface area contributed by atoms with Gasteiger partial charge in [-0.05, 0) is 168 Å². The van der Waals surface area contributed by atoms with E-state index in [4.69, 9.17) is 132 Å². The summed E-state index contributed by atoms with van der Waals surface area (Å²) in [6.07, 6.45) is -9.69. The Morgan fingerprint density at radius 3 is 1.17 bits per heavy atom. The van der Waals surface area contributed by atoms with Crippen molar-refractivity contribution < 1.29 is 122 Å². The number of rotatable bonds is 23. The van der Waals surface area contributed by atoms with Crippen LogP contribution in [-0.2, 0) is 49.9 Å². The topological polar surface area (TPSA) is 375 Å². The first kappa shape index (κ1) is 103. The molecule has 10 aromatic carbocycles. The van der Waals surface area contributed by atoms with Crippen LogP contribution in [0.3, 0.4) is 0 Å². The molecule has 0 bridgehead atoms. The number of nitrogens with zero attached hydrogens (tertiary/aromatic N) is 6. The molecule has 0 atom stereocenters. The standard InChI is InChI=1S/C24H19Cl2N3O5.C23H13Cl2F4N3O4.C19H16Cl2N2O5.C7H5BF4O2.C7H9NO.3CH4.FH/c1-32-18-8-4-15(5-9-18)13-33-21-19(25)10-16(11-20(21)26)22-28-24(34-29-22)23(31)27-12-14-2-6-17(30)7-3-14;24-16-7-12(8-17(25)19(16)33)20-31-22(36-32-20)21(34)30-10-11-1-3-13(4-2-11)35-14-5-6-18(26)15(9-14)23(27,28)29;1-3-26-19(24)18-22-17(23-28-18)12-8-14(20)16(15(21)9-12)27-10-11-4-6-13(25-2)7-5-11;9-6-2-1-4(8(13)14)3-5(6)7(10,11)12;8-5-6-1-3-7(9)4-2-6;;;;/h2-11,30H,12-13H2,1H3,(H,27,31);1-9,33H,10H2,(H,30,34);4-9H,3,10H2,1-2H3;1-3,13-14H;1-4,9H,5,8H2;3*1H4;1H. The zero-order valence-electron chi connectivity index (χ0n) is 62.9. The van der Waals surface area contributed by atoms with Crippen LogP contribution in [0.25, 0.3) is 34.2 Å². The summed E-state index contributed by atoms with van der Waals surface area (Å²) >= 11 is 37.1. The molecule has 0 radical (unpaired) electrons. The van der Waals surface area contributed by atoms with Gasteiger partial charge in [0.15, 0.2) is 17.2 Å². The largest absolute Gasteiger partial charge is 0.508 e. The second-order valence-electron chi connectivity index (χ2n) is 24.5. The van der Waals surface area contributed by atoms with Gasteiger partial charge in [0.1, 0.15) is 59.3 Å². The second-order valence-corrected chi connectivity index (χ2v) is 26.9. The maximum atomic E-state index is 13.4. The summed E-state index contributed by atoms with van der Waals surface area (Å²) in [4.78, 5) is 48.4. The van der Waals surface area contributed by atoms with Crippen molar-refractivity contribution in [2.75, 3.05) is 20.8 Å². The number of alkyl halides is 6. The molecule has 2 amide bonds. The second kappa shape index (κ2) is 47.9. The molecular formula is C83H75BCl6F9N9O17. The van der Waals surface area contributed by atoms with Crippen LogP contribution in [0.4, 0.5) is 39.8 Å². The van der Waals surface area contributed by atoms with Crippen molar-refractivity contribution in [1.82, 2.24) is 41.1 Å². The van der Waals surface area contributed by atoms with E-state index < -0.39 is 65.5 Å². The normalized spacial score (nSPS) is 10.5. The third kappa shape index (κ3) is 29.9. The van der Waals surface area contributed by atoms with Crippen LogP contribution >= 0.6 is 69.6 Å². The fourth-order valence-electron chi connectivity index (χ4n) is 9.86. The first-order chi connectivity index (χ1) is 57.6. The highest BCUT2D eigenvalue weighted by Gasteiger charge is 2.36. The minimum atomic E-state index is -4.85. The maximum absolute atomic E-state index is 13.4. The smallest absolute Gasteiger partial charge is 0.488 e. The lowest BCUT2D eigenvalue weighted by Gasteiger charge is -2.11. The van der Waals surface area contributed by atoms with E-state index in [9.17, 15) is 59.7 Å². The molecule has 13 aromatic rings. The van der Waals surface area contributed by atoms with Gasteiger partial charge in [-0.15, -0.1) is 0 Å². The SMILES string of the molecule is C.C.C.CCOC(=O)c1nc(-c2cc(Cl)c(OCc3ccc(OC)cc3)c(Cl)c2)no1.COc1ccc(COc2c(Cl)cc(-c3noc(C(=O)NCc4ccc(O)cc4)n3)cc2Cl)cc1.F.NCc1ccc(O)cc1.O=C(NCc1ccc(Oc2ccc(F)c(C(F)(F)F)c2)cc1)c1nc(-c2cc(Cl)c(O)c(Cl)c2)no1.OB(O)c1ccc(F)c(C(F)(F)F)c1. The summed E-state index contributed by atoms with van der Waals surface area (Å²) in [5.74, 6) is -2.89. The highest BCUT2D eigenvalue weighted by Crippen LogP contribution is 2.41. The first-order valence-electron chi connectivity index (χ1n) is 34.7. The number of phenolic OH excluding ortho intramolecular Hbond substituents is 3. The molecule has 0 unspecified atom stereocenters. The Morgan fingerprint density at radius 1 is 0.456 bits per heavy atom. The molecule has 9 N–H and O–H groups in total. The van der Waals surface area contributed by atoms with Gasteiger partial charge >= 0.3 is 54.9 Å². The summed E-state index contributed by atoms with van der Waals surface area (Å²) in [5.41, 5.74) is 7.54. The zero-order chi connectivity index (χ0) is 87.8. The number of nitrogens with one attached hydrogen (secondary N) is 2. The number of hydrogen-bond donors (Lipinski definition) is 8. The summed E-state index contributed by atoms with van der Waals surface area (Å²) in [7, 11) is 1.16. The minimum absolute atomic E-state index is 0. The number of nitrogens with two attached hydrogens (primary N) is 1. The molecule has 26 nitrogen and oxygen atoms in total. The molecule has 3 heterocycles. The third-order valence-corrected chi connectivity index (χ3v) is 17.7. The molecule has 0 saturated heterocycles. The number of methoxy groups -OCH3 is 2. The van der Waals surface area contributed by atoms with Gasteiger partial charge in [-0.25, -0.2) is 13.6 Å². The lowest BCUT2D eigenvalue weighted by atomic mass is 9.79. The molecule has 42 heteroatoms. The van der Waals surface area contributed by atoms with E-state index in [2.05, 4.69) is 41.1 Å². The fourth-order valence-corrected chi connectivity index (χ4v) is 11.5. The Hall–Kier alpha value is -12.5. The molecule has 0 aliphatic rings. The van der Waals surface area contributed by atoms with Crippen LogP contribution in [0.1, 0.15) is 100 Å². The fraction of sp³-hybridized carbons (Fsp3) is 0.169. The average molecular weight is 1870 g/mol. The summed E-state index contributed by atoms with van der Waals surface area (Å²) in [6, 6.07) is 47.4. The van der Waals surface area contributed by atoms with Gasteiger partial charge in [0.25, 0.3) is 0 Å². The number of aromatic nitrogens is 6. The van der Waals surface area contributed by atoms with E-state index in [0.717, 1.165) is 45.9 Å². The summed E-state index contributed by atoms with van der Waals surface area (Å²) in [6.45, 7) is 3.24. The quantitative estimate of drug-likeness (QED) is 0.0167. The molecule has 662 valence electrons. The number of carbonyl (C=O) groups excluding carboxylic acids is 3. The minimum Gasteiger partial charge on any atom is -0.508 e. The van der Waals surface area contributed by atoms with Crippen LogP contribution in [0.2, 0.25) is 30.1 Å². The van der Waals surface area contributed by atoms with Gasteiger partial charge in [0.2, 0.25) is 17.5 Å². The number of amides is 2.